The van der Waals surface area contributed by atoms with Gasteiger partial charge in [-0.2, -0.15) is 0 Å². The fourth-order valence-corrected chi connectivity index (χ4v) is 3.44. The fourth-order valence-electron chi connectivity index (χ4n) is 3.06. The summed E-state index contributed by atoms with van der Waals surface area (Å²) in [6, 6.07) is 19.5. The first-order valence-electron chi connectivity index (χ1n) is 10.2. The Labute approximate surface area is 197 Å². The largest absolute Gasteiger partial charge is 0.496 e. The van der Waals surface area contributed by atoms with Crippen molar-refractivity contribution in [2.75, 3.05) is 7.11 Å². The zero-order valence-corrected chi connectivity index (χ0v) is 20.1. The van der Waals surface area contributed by atoms with Gasteiger partial charge in [0.05, 0.1) is 12.7 Å². The summed E-state index contributed by atoms with van der Waals surface area (Å²) < 4.78 is 11.7. The standard InChI is InChI=1S/C27H25BrO4/c1-27(2,3)21-10-5-19(6-11-21)26(30)32-23-13-7-18(8-14-23)24(29)15-9-20-17-22(28)12-16-25(20)31-4/h5-17H,1-4H3/b15-9+. The van der Waals surface area contributed by atoms with E-state index in [0.717, 1.165) is 15.6 Å². The second kappa shape index (κ2) is 9.96. The summed E-state index contributed by atoms with van der Waals surface area (Å²) >= 11 is 3.42. The molecule has 0 N–H and O–H groups in total. The first kappa shape index (κ1) is 23.5. The van der Waals surface area contributed by atoms with Crippen molar-refractivity contribution < 1.29 is 19.1 Å². The Morgan fingerprint density at radius 3 is 2.09 bits per heavy atom. The fraction of sp³-hybridized carbons (Fsp3) is 0.185. The molecule has 0 heterocycles. The molecule has 164 valence electrons. The summed E-state index contributed by atoms with van der Waals surface area (Å²) in [7, 11) is 1.58. The van der Waals surface area contributed by atoms with Gasteiger partial charge >= 0.3 is 5.97 Å². The van der Waals surface area contributed by atoms with Crippen molar-refractivity contribution in [3.63, 3.8) is 0 Å². The van der Waals surface area contributed by atoms with E-state index in [1.807, 2.05) is 30.3 Å². The molecule has 0 radical (unpaired) electrons. The van der Waals surface area contributed by atoms with Gasteiger partial charge in [0.1, 0.15) is 11.5 Å². The Bertz CT molecular complexity index is 1140. The molecular weight excluding hydrogens is 468 g/mol. The molecule has 0 fully saturated rings. The molecule has 3 aromatic carbocycles. The van der Waals surface area contributed by atoms with Crippen molar-refractivity contribution in [3.8, 4) is 11.5 Å². The van der Waals surface area contributed by atoms with E-state index in [1.54, 1.807) is 49.6 Å². The zero-order chi connectivity index (χ0) is 23.3. The molecule has 0 aliphatic rings. The maximum atomic E-state index is 12.5. The van der Waals surface area contributed by atoms with Crippen LogP contribution in [0.5, 0.6) is 11.5 Å². The number of hydrogen-bond acceptors (Lipinski definition) is 4. The van der Waals surface area contributed by atoms with Gasteiger partial charge in [-0.15, -0.1) is 0 Å². The van der Waals surface area contributed by atoms with Gasteiger partial charge in [0.2, 0.25) is 0 Å². The van der Waals surface area contributed by atoms with Gasteiger partial charge in [-0.1, -0.05) is 48.8 Å². The van der Waals surface area contributed by atoms with Crippen LogP contribution < -0.4 is 9.47 Å². The molecule has 0 spiro atoms. The van der Waals surface area contributed by atoms with Gasteiger partial charge in [-0.25, -0.2) is 4.79 Å². The Kier molecular flexibility index (Phi) is 7.31. The van der Waals surface area contributed by atoms with Crippen LogP contribution in [-0.4, -0.2) is 18.9 Å². The number of ether oxygens (including phenoxy) is 2. The van der Waals surface area contributed by atoms with Crippen LogP contribution in [0.1, 0.15) is 52.6 Å². The molecule has 0 aliphatic heterocycles. The quantitative estimate of drug-likeness (QED) is 0.163. The van der Waals surface area contributed by atoms with Gasteiger partial charge in [-0.3, -0.25) is 4.79 Å². The van der Waals surface area contributed by atoms with Gasteiger partial charge < -0.3 is 9.47 Å². The second-order valence-electron chi connectivity index (χ2n) is 8.33. The molecule has 0 atom stereocenters. The number of allylic oxidation sites excluding steroid dienone is 1. The summed E-state index contributed by atoms with van der Waals surface area (Å²) in [6.07, 6.45) is 3.20. The predicted octanol–water partition coefficient (Wildman–Crippen LogP) is 6.87. The van der Waals surface area contributed by atoms with Crippen LogP contribution in [0.3, 0.4) is 0 Å². The van der Waals surface area contributed by atoms with Crippen LogP contribution >= 0.6 is 15.9 Å². The smallest absolute Gasteiger partial charge is 0.343 e. The molecule has 0 aromatic heterocycles. The molecule has 32 heavy (non-hydrogen) atoms. The van der Waals surface area contributed by atoms with Crippen molar-refractivity contribution in [3.05, 3.63) is 99.5 Å². The third-order valence-corrected chi connectivity index (χ3v) is 5.44. The lowest BCUT2D eigenvalue weighted by Crippen LogP contribution is -2.13. The van der Waals surface area contributed by atoms with E-state index in [2.05, 4.69) is 36.7 Å². The molecule has 0 saturated carbocycles. The molecule has 3 aromatic rings. The average Bonchev–Trinajstić information content (AvgIpc) is 2.77. The van der Waals surface area contributed by atoms with Gasteiger partial charge in [0.15, 0.2) is 5.78 Å². The number of carbonyl (C=O) groups is 2. The molecule has 0 bridgehead atoms. The normalized spacial score (nSPS) is 11.4. The minimum Gasteiger partial charge on any atom is -0.496 e. The lowest BCUT2D eigenvalue weighted by molar-refractivity contribution is 0.0734. The van der Waals surface area contributed by atoms with Crippen LogP contribution in [0.25, 0.3) is 6.08 Å². The summed E-state index contributed by atoms with van der Waals surface area (Å²) in [5.41, 5.74) is 2.92. The molecule has 0 unspecified atom stereocenters. The summed E-state index contributed by atoms with van der Waals surface area (Å²) in [6.45, 7) is 6.36. The van der Waals surface area contributed by atoms with Crippen LogP contribution in [0.15, 0.2) is 77.3 Å². The predicted molar refractivity (Wildman–Crippen MR) is 131 cm³/mol. The van der Waals surface area contributed by atoms with Gasteiger partial charge in [0, 0.05) is 15.6 Å². The highest BCUT2D eigenvalue weighted by molar-refractivity contribution is 9.10. The number of methoxy groups -OCH3 is 1. The van der Waals surface area contributed by atoms with Crippen LogP contribution in [-0.2, 0) is 5.41 Å². The Balaban J connectivity index is 1.66. The van der Waals surface area contributed by atoms with Gasteiger partial charge in [0.25, 0.3) is 0 Å². The summed E-state index contributed by atoms with van der Waals surface area (Å²) in [5.74, 6) is 0.452. The second-order valence-corrected chi connectivity index (χ2v) is 9.24. The Hall–Kier alpha value is -3.18. The van der Waals surface area contributed by atoms with Crippen LogP contribution in [0.4, 0.5) is 0 Å². The molecule has 0 saturated heterocycles. The van der Waals surface area contributed by atoms with Crippen molar-refractivity contribution in [2.24, 2.45) is 0 Å². The minimum atomic E-state index is -0.439. The molecule has 0 amide bonds. The van der Waals surface area contributed by atoms with E-state index in [4.69, 9.17) is 9.47 Å². The third-order valence-electron chi connectivity index (χ3n) is 4.94. The maximum Gasteiger partial charge on any atom is 0.343 e. The van der Waals surface area contributed by atoms with Crippen LogP contribution in [0.2, 0.25) is 0 Å². The number of benzene rings is 3. The van der Waals surface area contributed by atoms with E-state index in [9.17, 15) is 9.59 Å². The number of carbonyl (C=O) groups excluding carboxylic acids is 2. The van der Waals surface area contributed by atoms with Crippen molar-refractivity contribution in [1.29, 1.82) is 0 Å². The molecule has 0 aliphatic carbocycles. The van der Waals surface area contributed by atoms with Crippen molar-refractivity contribution in [2.45, 2.75) is 26.2 Å². The highest BCUT2D eigenvalue weighted by Gasteiger charge is 2.15. The lowest BCUT2D eigenvalue weighted by atomic mass is 9.87. The summed E-state index contributed by atoms with van der Waals surface area (Å²) in [4.78, 5) is 24.9. The third kappa shape index (κ3) is 5.95. The topological polar surface area (TPSA) is 52.6 Å². The maximum absolute atomic E-state index is 12.5. The van der Waals surface area contributed by atoms with Crippen LogP contribution in [0, 0.1) is 0 Å². The van der Waals surface area contributed by atoms with E-state index in [1.165, 1.54) is 6.08 Å². The lowest BCUT2D eigenvalue weighted by Gasteiger charge is -2.18. The number of ketones is 1. The zero-order valence-electron chi connectivity index (χ0n) is 18.5. The van der Waals surface area contributed by atoms with E-state index >= 15 is 0 Å². The van der Waals surface area contributed by atoms with Crippen molar-refractivity contribution >= 4 is 33.8 Å². The first-order valence-corrected chi connectivity index (χ1v) is 11.0. The SMILES string of the molecule is COc1ccc(Br)cc1/C=C/C(=O)c1ccc(OC(=O)c2ccc(C(C)(C)C)cc2)cc1. The highest BCUT2D eigenvalue weighted by atomic mass is 79.9. The number of esters is 1. The average molecular weight is 493 g/mol. The van der Waals surface area contributed by atoms with E-state index < -0.39 is 5.97 Å². The van der Waals surface area contributed by atoms with Gasteiger partial charge in [-0.05, 0) is 77.7 Å². The minimum absolute atomic E-state index is 0.0153. The monoisotopic (exact) mass is 492 g/mol. The number of rotatable bonds is 6. The number of hydrogen-bond donors (Lipinski definition) is 0. The van der Waals surface area contributed by atoms with E-state index in [0.29, 0.717) is 22.6 Å². The van der Waals surface area contributed by atoms with E-state index in [-0.39, 0.29) is 11.2 Å². The molecule has 3 rings (SSSR count). The first-order chi connectivity index (χ1) is 15.2. The highest BCUT2D eigenvalue weighted by Crippen LogP contribution is 2.25. The molecule has 5 heteroatoms. The molecule has 4 nitrogen and oxygen atoms in total. The Morgan fingerprint density at radius 1 is 0.875 bits per heavy atom. The number of halogens is 1. The summed E-state index contributed by atoms with van der Waals surface area (Å²) in [5, 5.41) is 0. The van der Waals surface area contributed by atoms with Crippen molar-refractivity contribution in [1.82, 2.24) is 0 Å². The Morgan fingerprint density at radius 2 is 1.50 bits per heavy atom. The molecular formula is C27H25BrO4.